The number of nitrogens with one attached hydrogen (secondary N) is 7. The van der Waals surface area contributed by atoms with Crippen LogP contribution in [0.4, 0.5) is 4.79 Å². The third-order valence-electron chi connectivity index (χ3n) is 6.38. The van der Waals surface area contributed by atoms with Crippen LogP contribution in [0.3, 0.4) is 0 Å². The first-order valence-corrected chi connectivity index (χ1v) is 11.3. The number of carbonyl (C=O) groups is 2. The molecule has 29 heavy (non-hydrogen) atoms. The van der Waals surface area contributed by atoms with Gasteiger partial charge in [-0.1, -0.05) is 0 Å². The number of piperidine rings is 1. The van der Waals surface area contributed by atoms with Gasteiger partial charge in [0.15, 0.2) is 0 Å². The minimum atomic E-state index is -0.262. The summed E-state index contributed by atoms with van der Waals surface area (Å²) in [5.74, 6) is 1.53. The summed E-state index contributed by atoms with van der Waals surface area (Å²) < 4.78 is 0. The third-order valence-corrected chi connectivity index (χ3v) is 6.38. The maximum atomic E-state index is 12.5. The largest absolute Gasteiger partial charge is 0.356 e. The maximum Gasteiger partial charge on any atom is 0.317 e. The lowest BCUT2D eigenvalue weighted by Gasteiger charge is -2.40. The van der Waals surface area contributed by atoms with E-state index in [9.17, 15) is 9.59 Å². The second-order valence-electron chi connectivity index (χ2n) is 8.89. The molecule has 1 saturated carbocycles. The van der Waals surface area contributed by atoms with Gasteiger partial charge in [0.1, 0.15) is 6.29 Å². The van der Waals surface area contributed by atoms with Crippen molar-refractivity contribution in [2.45, 2.75) is 76.9 Å². The summed E-state index contributed by atoms with van der Waals surface area (Å²) in [7, 11) is 0. The lowest BCUT2D eigenvalue weighted by atomic mass is 9.73. The Hall–Kier alpha value is -1.42. The molecule has 9 nitrogen and oxygen atoms in total. The van der Waals surface area contributed by atoms with Gasteiger partial charge in [-0.15, -0.1) is 0 Å². The number of fused-ring (bicyclic) bond motifs is 1. The molecule has 3 amide bonds. The molecule has 0 aromatic carbocycles. The minimum Gasteiger partial charge on any atom is -0.356 e. The predicted octanol–water partition coefficient (Wildman–Crippen LogP) is -0.239. The quantitative estimate of drug-likeness (QED) is 0.292. The molecule has 2 saturated heterocycles. The molecule has 3 fully saturated rings. The first-order chi connectivity index (χ1) is 14.0. The fourth-order valence-electron chi connectivity index (χ4n) is 4.89. The molecule has 6 unspecified atom stereocenters. The highest BCUT2D eigenvalue weighted by molar-refractivity contribution is 5.74. The van der Waals surface area contributed by atoms with Gasteiger partial charge in [0, 0.05) is 25.6 Å². The average molecular weight is 410 g/mol. The molecule has 0 aromatic heterocycles. The maximum absolute atomic E-state index is 12.5. The molecule has 2 aliphatic heterocycles. The van der Waals surface area contributed by atoms with E-state index in [1.54, 1.807) is 0 Å². The zero-order valence-corrected chi connectivity index (χ0v) is 17.9. The number of carbonyl (C=O) groups excluding carboxylic acids is 2. The second-order valence-corrected chi connectivity index (χ2v) is 8.89. The van der Waals surface area contributed by atoms with Crippen LogP contribution < -0.4 is 37.2 Å². The fraction of sp³-hybridized carbons (Fsp3) is 0.900. The Morgan fingerprint density at radius 3 is 2.69 bits per heavy atom. The van der Waals surface area contributed by atoms with Gasteiger partial charge in [0.25, 0.3) is 0 Å². The van der Waals surface area contributed by atoms with E-state index in [1.807, 2.05) is 0 Å². The van der Waals surface area contributed by atoms with Gasteiger partial charge in [-0.2, -0.15) is 0 Å². The summed E-state index contributed by atoms with van der Waals surface area (Å²) in [5, 5.41) is 22.8. The molecule has 7 N–H and O–H groups in total. The lowest BCUT2D eigenvalue weighted by molar-refractivity contribution is -0.118. The summed E-state index contributed by atoms with van der Waals surface area (Å²) in [6.45, 7) is 7.37. The molecule has 166 valence electrons. The number of amides is 3. The van der Waals surface area contributed by atoms with Crippen molar-refractivity contribution in [2.24, 2.45) is 11.8 Å². The van der Waals surface area contributed by atoms with Crippen LogP contribution in [0.2, 0.25) is 0 Å². The standard InChI is InChI=1S/C20H39N7O2/c1-13-10-18(23-8-3-7-22-14(2)28)26-19(24-13)27-20(29)25-17-5-4-16-12-21-9-6-15(16)11-17/h13,15-19,21,23-24,26H,3-12H2,1-2H3,(H,22,28)(H2,25,27,29). The van der Waals surface area contributed by atoms with Crippen molar-refractivity contribution in [1.82, 2.24) is 37.2 Å². The van der Waals surface area contributed by atoms with Crippen LogP contribution >= 0.6 is 0 Å². The van der Waals surface area contributed by atoms with E-state index in [0.29, 0.717) is 12.6 Å². The summed E-state index contributed by atoms with van der Waals surface area (Å²) >= 11 is 0. The number of hydrogen-bond donors (Lipinski definition) is 7. The zero-order chi connectivity index (χ0) is 20.6. The first kappa shape index (κ1) is 22.3. The topological polar surface area (TPSA) is 118 Å². The van der Waals surface area contributed by atoms with Crippen LogP contribution in [0.25, 0.3) is 0 Å². The van der Waals surface area contributed by atoms with Crippen LogP contribution in [0.15, 0.2) is 0 Å². The zero-order valence-electron chi connectivity index (χ0n) is 17.9. The number of hydrogen-bond acceptors (Lipinski definition) is 6. The predicted molar refractivity (Wildman–Crippen MR) is 113 cm³/mol. The molecule has 6 atom stereocenters. The normalized spacial score (nSPS) is 34.7. The molecule has 3 rings (SSSR count). The van der Waals surface area contributed by atoms with Crippen molar-refractivity contribution in [3.63, 3.8) is 0 Å². The Bertz CT molecular complexity index is 547. The molecular formula is C20H39N7O2. The fourth-order valence-corrected chi connectivity index (χ4v) is 4.89. The van der Waals surface area contributed by atoms with Gasteiger partial charge in [-0.25, -0.2) is 4.79 Å². The Morgan fingerprint density at radius 1 is 1.00 bits per heavy atom. The van der Waals surface area contributed by atoms with Crippen molar-refractivity contribution in [1.29, 1.82) is 0 Å². The van der Waals surface area contributed by atoms with Crippen molar-refractivity contribution in [3.05, 3.63) is 0 Å². The molecule has 2 heterocycles. The number of rotatable bonds is 7. The Labute approximate surface area is 174 Å². The van der Waals surface area contributed by atoms with Crippen LogP contribution in [-0.2, 0) is 4.79 Å². The van der Waals surface area contributed by atoms with E-state index < -0.39 is 0 Å². The Morgan fingerprint density at radius 2 is 1.86 bits per heavy atom. The van der Waals surface area contributed by atoms with Gasteiger partial charge < -0.3 is 26.6 Å². The molecule has 3 aliphatic rings. The highest BCUT2D eigenvalue weighted by Crippen LogP contribution is 2.33. The van der Waals surface area contributed by atoms with Gasteiger partial charge in [-0.3, -0.25) is 15.4 Å². The third kappa shape index (κ3) is 7.40. The van der Waals surface area contributed by atoms with Gasteiger partial charge in [-0.05, 0) is 76.9 Å². The summed E-state index contributed by atoms with van der Waals surface area (Å²) in [4.78, 5) is 23.4. The van der Waals surface area contributed by atoms with E-state index in [1.165, 1.54) is 19.8 Å². The summed E-state index contributed by atoms with van der Waals surface area (Å²) in [6, 6.07) is 0.462. The van der Waals surface area contributed by atoms with E-state index in [2.05, 4.69) is 44.1 Å². The lowest BCUT2D eigenvalue weighted by Crippen LogP contribution is -2.68. The SMILES string of the molecule is CC(=O)NCCCNC1CC(C)NC(NC(=O)NC2CCC3CNCCC3C2)N1. The average Bonchev–Trinajstić information content (AvgIpc) is 2.67. The van der Waals surface area contributed by atoms with Crippen molar-refractivity contribution >= 4 is 11.9 Å². The van der Waals surface area contributed by atoms with Crippen molar-refractivity contribution < 1.29 is 9.59 Å². The molecule has 0 bridgehead atoms. The number of urea groups is 1. The molecule has 0 spiro atoms. The summed E-state index contributed by atoms with van der Waals surface area (Å²) in [5.41, 5.74) is 0. The molecule has 0 aromatic rings. The molecular weight excluding hydrogens is 370 g/mol. The first-order valence-electron chi connectivity index (χ1n) is 11.3. The van der Waals surface area contributed by atoms with E-state index in [0.717, 1.165) is 57.2 Å². The van der Waals surface area contributed by atoms with E-state index >= 15 is 0 Å². The van der Waals surface area contributed by atoms with Crippen LogP contribution in [-0.4, -0.2) is 62.7 Å². The second kappa shape index (κ2) is 11.1. The molecule has 9 heteroatoms. The van der Waals surface area contributed by atoms with Crippen LogP contribution in [0, 0.1) is 11.8 Å². The minimum absolute atomic E-state index is 0.00234. The smallest absolute Gasteiger partial charge is 0.317 e. The van der Waals surface area contributed by atoms with Crippen LogP contribution in [0.1, 0.15) is 52.4 Å². The van der Waals surface area contributed by atoms with Crippen molar-refractivity contribution in [3.8, 4) is 0 Å². The monoisotopic (exact) mass is 409 g/mol. The molecule has 1 aliphatic carbocycles. The Kier molecular flexibility index (Phi) is 8.53. The van der Waals surface area contributed by atoms with Crippen molar-refractivity contribution in [2.75, 3.05) is 26.2 Å². The molecule has 0 radical (unpaired) electrons. The summed E-state index contributed by atoms with van der Waals surface area (Å²) in [6.07, 6.45) is 6.25. The van der Waals surface area contributed by atoms with Crippen LogP contribution in [0.5, 0.6) is 0 Å². The van der Waals surface area contributed by atoms with E-state index in [-0.39, 0.29) is 30.4 Å². The van der Waals surface area contributed by atoms with Gasteiger partial charge in [0.05, 0.1) is 6.17 Å². The highest BCUT2D eigenvalue weighted by atomic mass is 16.2. The van der Waals surface area contributed by atoms with Gasteiger partial charge in [0.2, 0.25) is 5.91 Å². The highest BCUT2D eigenvalue weighted by Gasteiger charge is 2.33. The van der Waals surface area contributed by atoms with Gasteiger partial charge >= 0.3 is 6.03 Å². The van der Waals surface area contributed by atoms with E-state index in [4.69, 9.17) is 0 Å². The Balaban J connectivity index is 1.36.